The lowest BCUT2D eigenvalue weighted by Gasteiger charge is -2.28. The standard InChI is InChI=1S/C10H19N3O3/c1-7(2)13(6-9(11)12-15)10(14)8-4-3-5-16-8/h7-8,15H,3-6H2,1-2H3,(H2,11,12). The highest BCUT2D eigenvalue weighted by molar-refractivity contribution is 5.88. The molecule has 1 amide bonds. The highest BCUT2D eigenvalue weighted by Gasteiger charge is 2.29. The Bertz CT molecular complexity index is 272. The number of amides is 1. The highest BCUT2D eigenvalue weighted by atomic mass is 16.5. The highest BCUT2D eigenvalue weighted by Crippen LogP contribution is 2.16. The van der Waals surface area contributed by atoms with Gasteiger partial charge in [-0.05, 0) is 26.7 Å². The molecule has 1 saturated heterocycles. The fourth-order valence-electron chi connectivity index (χ4n) is 1.68. The zero-order valence-electron chi connectivity index (χ0n) is 9.72. The molecule has 0 radical (unpaired) electrons. The summed E-state index contributed by atoms with van der Waals surface area (Å²) in [5.74, 6) is -0.0563. The van der Waals surface area contributed by atoms with Gasteiger partial charge in [0.2, 0.25) is 0 Å². The van der Waals surface area contributed by atoms with Crippen molar-refractivity contribution >= 4 is 11.7 Å². The largest absolute Gasteiger partial charge is 0.409 e. The van der Waals surface area contributed by atoms with Crippen LogP contribution in [0.15, 0.2) is 5.16 Å². The minimum Gasteiger partial charge on any atom is -0.409 e. The van der Waals surface area contributed by atoms with Gasteiger partial charge in [-0.3, -0.25) is 4.79 Å². The molecule has 16 heavy (non-hydrogen) atoms. The molecule has 3 N–H and O–H groups in total. The van der Waals surface area contributed by atoms with Gasteiger partial charge < -0.3 is 20.6 Å². The molecule has 1 aliphatic rings. The fraction of sp³-hybridized carbons (Fsp3) is 0.800. The van der Waals surface area contributed by atoms with Gasteiger partial charge >= 0.3 is 0 Å². The van der Waals surface area contributed by atoms with E-state index in [1.165, 1.54) is 0 Å². The molecule has 1 fully saturated rings. The van der Waals surface area contributed by atoms with Gasteiger partial charge in [0.1, 0.15) is 6.10 Å². The molecule has 92 valence electrons. The van der Waals surface area contributed by atoms with E-state index in [2.05, 4.69) is 5.16 Å². The van der Waals surface area contributed by atoms with Crippen LogP contribution < -0.4 is 5.73 Å². The minimum atomic E-state index is -0.367. The maximum absolute atomic E-state index is 12.0. The van der Waals surface area contributed by atoms with Crippen LogP contribution >= 0.6 is 0 Å². The van der Waals surface area contributed by atoms with E-state index in [-0.39, 0.29) is 30.4 Å². The Morgan fingerprint density at radius 3 is 2.81 bits per heavy atom. The predicted octanol–water partition coefficient (Wildman–Crippen LogP) is 0.149. The first kappa shape index (κ1) is 12.8. The van der Waals surface area contributed by atoms with Gasteiger partial charge in [0.15, 0.2) is 5.84 Å². The van der Waals surface area contributed by atoms with Crippen molar-refractivity contribution < 1.29 is 14.7 Å². The summed E-state index contributed by atoms with van der Waals surface area (Å²) in [5, 5.41) is 11.4. The smallest absolute Gasteiger partial charge is 0.252 e. The first-order chi connectivity index (χ1) is 7.56. The Hall–Kier alpha value is -1.30. The number of hydrogen-bond acceptors (Lipinski definition) is 4. The molecule has 1 rings (SSSR count). The molecule has 1 heterocycles. The fourth-order valence-corrected chi connectivity index (χ4v) is 1.68. The van der Waals surface area contributed by atoms with Crippen molar-refractivity contribution in [2.24, 2.45) is 10.9 Å². The summed E-state index contributed by atoms with van der Waals surface area (Å²) in [5.41, 5.74) is 5.41. The van der Waals surface area contributed by atoms with Crippen molar-refractivity contribution in [3.05, 3.63) is 0 Å². The van der Waals surface area contributed by atoms with Gasteiger partial charge in [-0.1, -0.05) is 5.16 Å². The molecule has 0 aromatic carbocycles. The zero-order valence-corrected chi connectivity index (χ0v) is 9.72. The summed E-state index contributed by atoms with van der Waals surface area (Å²) in [6.45, 7) is 4.54. The van der Waals surface area contributed by atoms with Crippen molar-refractivity contribution in [2.45, 2.75) is 38.8 Å². The van der Waals surface area contributed by atoms with E-state index >= 15 is 0 Å². The maximum Gasteiger partial charge on any atom is 0.252 e. The van der Waals surface area contributed by atoms with Gasteiger partial charge in [0, 0.05) is 12.6 Å². The maximum atomic E-state index is 12.0. The number of carbonyl (C=O) groups is 1. The lowest BCUT2D eigenvalue weighted by atomic mass is 10.2. The molecule has 1 aliphatic heterocycles. The molecule has 6 heteroatoms. The van der Waals surface area contributed by atoms with Crippen molar-refractivity contribution in [1.29, 1.82) is 0 Å². The topological polar surface area (TPSA) is 88.1 Å². The number of oxime groups is 1. The molecule has 0 bridgehead atoms. The molecular weight excluding hydrogens is 210 g/mol. The lowest BCUT2D eigenvalue weighted by Crippen LogP contribution is -2.47. The van der Waals surface area contributed by atoms with Crippen LogP contribution in [0.2, 0.25) is 0 Å². The van der Waals surface area contributed by atoms with Crippen LogP contribution in [-0.2, 0) is 9.53 Å². The van der Waals surface area contributed by atoms with E-state index in [4.69, 9.17) is 15.7 Å². The van der Waals surface area contributed by atoms with Crippen molar-refractivity contribution in [3.8, 4) is 0 Å². The molecule has 1 unspecified atom stereocenters. The number of nitrogens with zero attached hydrogens (tertiary/aromatic N) is 2. The summed E-state index contributed by atoms with van der Waals surface area (Å²) >= 11 is 0. The third-order valence-electron chi connectivity index (χ3n) is 2.57. The molecule has 0 spiro atoms. The van der Waals surface area contributed by atoms with Gasteiger partial charge in [-0.2, -0.15) is 0 Å². The van der Waals surface area contributed by atoms with Crippen LogP contribution in [0.4, 0.5) is 0 Å². The van der Waals surface area contributed by atoms with Crippen molar-refractivity contribution in [3.63, 3.8) is 0 Å². The summed E-state index contributed by atoms with van der Waals surface area (Å²) in [7, 11) is 0. The number of amidine groups is 1. The summed E-state index contributed by atoms with van der Waals surface area (Å²) in [6, 6.07) is -0.00278. The summed E-state index contributed by atoms with van der Waals surface area (Å²) in [4.78, 5) is 13.6. The van der Waals surface area contributed by atoms with Gasteiger partial charge in [-0.25, -0.2) is 0 Å². The van der Waals surface area contributed by atoms with E-state index in [1.807, 2.05) is 13.8 Å². The van der Waals surface area contributed by atoms with Crippen LogP contribution in [0.25, 0.3) is 0 Å². The summed E-state index contributed by atoms with van der Waals surface area (Å²) in [6.07, 6.45) is 1.29. The lowest BCUT2D eigenvalue weighted by molar-refractivity contribution is -0.141. The van der Waals surface area contributed by atoms with Crippen LogP contribution in [0.3, 0.4) is 0 Å². The van der Waals surface area contributed by atoms with E-state index in [9.17, 15) is 4.79 Å². The van der Waals surface area contributed by atoms with Gasteiger partial charge in [-0.15, -0.1) is 0 Å². The van der Waals surface area contributed by atoms with Gasteiger partial charge in [0.25, 0.3) is 5.91 Å². The monoisotopic (exact) mass is 229 g/mol. The van der Waals surface area contributed by atoms with E-state index in [0.29, 0.717) is 6.61 Å². The Labute approximate surface area is 95.0 Å². The quantitative estimate of drug-likeness (QED) is 0.311. The molecule has 0 aromatic rings. The van der Waals surface area contributed by atoms with E-state index in [0.717, 1.165) is 12.8 Å². The number of hydrogen-bond donors (Lipinski definition) is 2. The first-order valence-electron chi connectivity index (χ1n) is 5.44. The first-order valence-corrected chi connectivity index (χ1v) is 5.44. The molecule has 0 aliphatic carbocycles. The number of ether oxygens (including phenoxy) is 1. The minimum absolute atomic E-state index is 0.00278. The number of carbonyl (C=O) groups excluding carboxylic acids is 1. The molecule has 1 atom stereocenters. The van der Waals surface area contributed by atoms with Crippen molar-refractivity contribution in [2.75, 3.05) is 13.2 Å². The molecular formula is C10H19N3O3. The molecule has 6 nitrogen and oxygen atoms in total. The van der Waals surface area contributed by atoms with Crippen LogP contribution in [0, 0.1) is 0 Å². The SMILES string of the molecule is CC(C)N(CC(N)=NO)C(=O)C1CCCO1. The Morgan fingerprint density at radius 2 is 2.38 bits per heavy atom. The molecule has 0 aromatic heterocycles. The van der Waals surface area contributed by atoms with Gasteiger partial charge in [0.05, 0.1) is 6.54 Å². The van der Waals surface area contributed by atoms with Crippen LogP contribution in [0.1, 0.15) is 26.7 Å². The van der Waals surface area contributed by atoms with Crippen LogP contribution in [0.5, 0.6) is 0 Å². The predicted molar refractivity (Wildman–Crippen MR) is 59.2 cm³/mol. The third-order valence-corrected chi connectivity index (χ3v) is 2.57. The van der Waals surface area contributed by atoms with E-state index < -0.39 is 0 Å². The second-order valence-corrected chi connectivity index (χ2v) is 4.15. The normalized spacial score (nSPS) is 21.4. The Morgan fingerprint density at radius 1 is 1.69 bits per heavy atom. The van der Waals surface area contributed by atoms with E-state index in [1.54, 1.807) is 4.90 Å². The average molecular weight is 229 g/mol. The van der Waals surface area contributed by atoms with Crippen LogP contribution in [-0.4, -0.2) is 47.1 Å². The number of rotatable bonds is 4. The third kappa shape index (κ3) is 3.10. The zero-order chi connectivity index (χ0) is 12.1. The Balaban J connectivity index is 2.65. The second-order valence-electron chi connectivity index (χ2n) is 4.15. The van der Waals surface area contributed by atoms with Crippen molar-refractivity contribution in [1.82, 2.24) is 4.90 Å². The average Bonchev–Trinajstić information content (AvgIpc) is 2.77. The summed E-state index contributed by atoms with van der Waals surface area (Å²) < 4.78 is 5.33. The number of nitrogens with two attached hydrogens (primary N) is 1. The molecule has 0 saturated carbocycles. The Kier molecular flexibility index (Phi) is 4.54. The second kappa shape index (κ2) is 5.69.